The van der Waals surface area contributed by atoms with Gasteiger partial charge in [0.1, 0.15) is 5.76 Å². The van der Waals surface area contributed by atoms with Crippen molar-refractivity contribution in [2.45, 2.75) is 20.8 Å². The number of ketones is 2. The van der Waals surface area contributed by atoms with Gasteiger partial charge in [-0.25, -0.2) is 0 Å². The number of fused-ring (bicyclic) bond motifs is 1. The van der Waals surface area contributed by atoms with Crippen LogP contribution in [0, 0.1) is 20.8 Å². The van der Waals surface area contributed by atoms with Crippen LogP contribution in [0.15, 0.2) is 34.8 Å². The Bertz CT molecular complexity index is 907. The summed E-state index contributed by atoms with van der Waals surface area (Å²) in [5.41, 5.74) is 4.09. The van der Waals surface area contributed by atoms with Gasteiger partial charge in [0.25, 0.3) is 0 Å². The van der Waals surface area contributed by atoms with Crippen molar-refractivity contribution >= 4 is 38.8 Å². The van der Waals surface area contributed by atoms with Gasteiger partial charge in [-0.05, 0) is 43.0 Å². The first-order valence-electron chi connectivity index (χ1n) is 7.23. The van der Waals surface area contributed by atoms with Gasteiger partial charge in [-0.15, -0.1) is 0 Å². The van der Waals surface area contributed by atoms with Crippen LogP contribution in [0.25, 0.3) is 11.3 Å². The zero-order valence-electron chi connectivity index (χ0n) is 13.0. The van der Waals surface area contributed by atoms with Crippen molar-refractivity contribution in [3.8, 4) is 0 Å². The van der Waals surface area contributed by atoms with Gasteiger partial charge in [-0.3, -0.25) is 9.59 Å². The lowest BCUT2D eigenvalue weighted by atomic mass is 9.82. The van der Waals surface area contributed by atoms with Gasteiger partial charge >= 0.3 is 0 Å². The second-order valence-electron chi connectivity index (χ2n) is 5.75. The van der Waals surface area contributed by atoms with Crippen molar-refractivity contribution in [3.05, 3.63) is 68.2 Å². The third kappa shape index (κ3) is 2.25. The fraction of sp³-hybridized carbons (Fsp3) is 0.158. The van der Waals surface area contributed by atoms with Gasteiger partial charge < -0.3 is 5.11 Å². The van der Waals surface area contributed by atoms with Crippen LogP contribution in [-0.2, 0) is 4.79 Å². The molecule has 0 heterocycles. The lowest BCUT2D eigenvalue weighted by Gasteiger charge is -2.21. The van der Waals surface area contributed by atoms with E-state index >= 15 is 0 Å². The molecule has 0 saturated carbocycles. The van der Waals surface area contributed by atoms with Gasteiger partial charge in [-0.2, -0.15) is 0 Å². The molecule has 0 bridgehead atoms. The monoisotopic (exact) mass is 370 g/mol. The molecule has 3 nitrogen and oxygen atoms in total. The highest BCUT2D eigenvalue weighted by atomic mass is 79.9. The van der Waals surface area contributed by atoms with Crippen molar-refractivity contribution in [1.82, 2.24) is 0 Å². The standard InChI is InChI=1S/C19H15BrO3/c1-9-8-10(2)16(20)11(3)14(9)15-17(21)12-6-4-5-7-13(12)18(22)19(15)23/h4-8,21H,1-3H3. The molecule has 3 rings (SSSR count). The molecular weight excluding hydrogens is 356 g/mol. The molecule has 0 saturated heterocycles. The first-order valence-corrected chi connectivity index (χ1v) is 8.02. The number of carbonyl (C=O) groups excluding carboxylic acids is 2. The van der Waals surface area contributed by atoms with Crippen molar-refractivity contribution in [2.24, 2.45) is 0 Å². The van der Waals surface area contributed by atoms with Crippen LogP contribution in [0.5, 0.6) is 0 Å². The zero-order chi connectivity index (χ0) is 16.9. The minimum Gasteiger partial charge on any atom is -0.506 e. The molecule has 1 N–H and O–H groups in total. The highest BCUT2D eigenvalue weighted by molar-refractivity contribution is 9.10. The fourth-order valence-corrected chi connectivity index (χ4v) is 3.46. The summed E-state index contributed by atoms with van der Waals surface area (Å²) in [6.07, 6.45) is 0. The number of carbonyl (C=O) groups is 2. The molecule has 0 fully saturated rings. The molecule has 1 aliphatic carbocycles. The maximum Gasteiger partial charge on any atom is 0.237 e. The van der Waals surface area contributed by atoms with Crippen LogP contribution in [-0.4, -0.2) is 16.7 Å². The van der Waals surface area contributed by atoms with E-state index in [4.69, 9.17) is 0 Å². The molecule has 2 aromatic carbocycles. The molecule has 116 valence electrons. The lowest BCUT2D eigenvalue weighted by molar-refractivity contribution is -0.110. The molecule has 0 atom stereocenters. The predicted octanol–water partition coefficient (Wildman–Crippen LogP) is 4.57. The predicted molar refractivity (Wildman–Crippen MR) is 93.6 cm³/mol. The number of aliphatic hydroxyl groups is 1. The molecule has 0 amide bonds. The van der Waals surface area contributed by atoms with Crippen LogP contribution in [0.3, 0.4) is 0 Å². The number of allylic oxidation sites excluding steroid dienone is 1. The quantitative estimate of drug-likeness (QED) is 0.748. The third-order valence-corrected chi connectivity index (χ3v) is 5.44. The molecule has 1 aliphatic rings. The van der Waals surface area contributed by atoms with E-state index in [1.807, 2.05) is 26.8 Å². The maximum atomic E-state index is 12.6. The summed E-state index contributed by atoms with van der Waals surface area (Å²) < 4.78 is 0.873. The van der Waals surface area contributed by atoms with E-state index in [9.17, 15) is 14.7 Å². The Morgan fingerprint density at radius 3 is 2.17 bits per heavy atom. The fourth-order valence-electron chi connectivity index (χ4n) is 3.14. The Hall–Kier alpha value is -2.20. The summed E-state index contributed by atoms with van der Waals surface area (Å²) >= 11 is 3.52. The summed E-state index contributed by atoms with van der Waals surface area (Å²) in [4.78, 5) is 25.0. The van der Waals surface area contributed by atoms with Gasteiger partial charge in [0.05, 0.1) is 5.57 Å². The number of hydrogen-bond donors (Lipinski definition) is 1. The molecule has 0 aromatic heterocycles. The molecule has 23 heavy (non-hydrogen) atoms. The normalized spacial score (nSPS) is 14.3. The number of hydrogen-bond acceptors (Lipinski definition) is 3. The number of halogens is 1. The minimum absolute atomic E-state index is 0.0874. The second kappa shape index (κ2) is 5.46. The Morgan fingerprint density at radius 1 is 0.913 bits per heavy atom. The SMILES string of the molecule is Cc1cc(C)c(C2=C(O)c3ccccc3C(=O)C2=O)c(C)c1Br. The van der Waals surface area contributed by atoms with E-state index in [2.05, 4.69) is 15.9 Å². The van der Waals surface area contributed by atoms with Crippen LogP contribution < -0.4 is 0 Å². The van der Waals surface area contributed by atoms with E-state index in [1.165, 1.54) is 0 Å². The van der Waals surface area contributed by atoms with Crippen molar-refractivity contribution in [2.75, 3.05) is 0 Å². The summed E-state index contributed by atoms with van der Waals surface area (Å²) in [6, 6.07) is 8.57. The molecule has 0 aliphatic heterocycles. The average Bonchev–Trinajstić information content (AvgIpc) is 2.54. The number of aliphatic hydroxyl groups excluding tert-OH is 1. The Morgan fingerprint density at radius 2 is 1.52 bits per heavy atom. The smallest absolute Gasteiger partial charge is 0.237 e. The topological polar surface area (TPSA) is 54.4 Å². The summed E-state index contributed by atoms with van der Waals surface area (Å²) in [7, 11) is 0. The van der Waals surface area contributed by atoms with Crippen molar-refractivity contribution in [1.29, 1.82) is 0 Å². The van der Waals surface area contributed by atoms with Gasteiger partial charge in [0.15, 0.2) is 0 Å². The Balaban J connectivity index is 2.39. The summed E-state index contributed by atoms with van der Waals surface area (Å²) in [5.74, 6) is -1.38. The lowest BCUT2D eigenvalue weighted by Crippen LogP contribution is -2.24. The second-order valence-corrected chi connectivity index (χ2v) is 6.54. The van der Waals surface area contributed by atoms with Crippen LogP contribution in [0.4, 0.5) is 0 Å². The van der Waals surface area contributed by atoms with E-state index < -0.39 is 11.6 Å². The number of aryl methyl sites for hydroxylation is 2. The molecule has 2 aromatic rings. The first-order chi connectivity index (χ1) is 10.8. The minimum atomic E-state index is -0.664. The zero-order valence-corrected chi connectivity index (χ0v) is 14.6. The summed E-state index contributed by atoms with van der Waals surface area (Å²) in [6.45, 7) is 5.71. The molecule has 0 unspecified atom stereocenters. The van der Waals surface area contributed by atoms with Crippen molar-refractivity contribution < 1.29 is 14.7 Å². The van der Waals surface area contributed by atoms with Crippen LogP contribution in [0.2, 0.25) is 0 Å². The van der Waals surface area contributed by atoms with Gasteiger partial charge in [0, 0.05) is 15.6 Å². The maximum absolute atomic E-state index is 12.6. The first kappa shape index (κ1) is 15.7. The summed E-state index contributed by atoms with van der Waals surface area (Å²) in [5, 5.41) is 10.7. The third-order valence-electron chi connectivity index (χ3n) is 4.22. The number of rotatable bonds is 1. The van der Waals surface area contributed by atoms with Gasteiger partial charge in [0.2, 0.25) is 11.6 Å². The highest BCUT2D eigenvalue weighted by Crippen LogP contribution is 2.38. The van der Waals surface area contributed by atoms with E-state index in [0.29, 0.717) is 11.1 Å². The van der Waals surface area contributed by atoms with Crippen molar-refractivity contribution in [3.63, 3.8) is 0 Å². The highest BCUT2D eigenvalue weighted by Gasteiger charge is 2.35. The Labute approximate surface area is 142 Å². The number of Topliss-reactive ketones (excluding diaryl/α,β-unsaturated/α-hetero) is 2. The van der Waals surface area contributed by atoms with Crippen LogP contribution >= 0.6 is 15.9 Å². The number of benzene rings is 2. The van der Waals surface area contributed by atoms with E-state index in [-0.39, 0.29) is 16.9 Å². The van der Waals surface area contributed by atoms with E-state index in [0.717, 1.165) is 21.2 Å². The van der Waals surface area contributed by atoms with Crippen LogP contribution in [0.1, 0.15) is 38.2 Å². The molecule has 0 spiro atoms. The molecular formula is C19H15BrO3. The largest absolute Gasteiger partial charge is 0.506 e. The van der Waals surface area contributed by atoms with E-state index in [1.54, 1.807) is 24.3 Å². The Kier molecular flexibility index (Phi) is 3.72. The average molecular weight is 371 g/mol. The molecule has 4 heteroatoms. The molecule has 0 radical (unpaired) electrons. The van der Waals surface area contributed by atoms with Gasteiger partial charge in [-0.1, -0.05) is 46.3 Å².